The van der Waals surface area contributed by atoms with E-state index in [0.717, 1.165) is 5.69 Å². The number of ether oxygens (including phenoxy) is 1. The molecular formula is C19H18Cl2N2O3. The van der Waals surface area contributed by atoms with Crippen molar-refractivity contribution in [3.8, 4) is 0 Å². The number of esters is 1. The van der Waals surface area contributed by atoms with Gasteiger partial charge in [0, 0.05) is 26.2 Å². The highest BCUT2D eigenvalue weighted by molar-refractivity contribution is 6.33. The first kappa shape index (κ1) is 18.5. The van der Waals surface area contributed by atoms with Crippen LogP contribution in [-0.2, 0) is 9.53 Å². The normalized spacial score (nSPS) is 14.2. The van der Waals surface area contributed by atoms with Gasteiger partial charge in [-0.3, -0.25) is 4.79 Å². The van der Waals surface area contributed by atoms with Crippen molar-refractivity contribution in [1.29, 1.82) is 0 Å². The second-order valence-electron chi connectivity index (χ2n) is 5.88. The zero-order chi connectivity index (χ0) is 18.5. The van der Waals surface area contributed by atoms with Gasteiger partial charge in [-0.05, 0) is 24.3 Å². The standard InChI is InChI=1S/C19H18Cl2N2O3/c20-15-6-2-1-5-14(15)19(25)26-13-18(24)23-11-9-22(10-12-23)17-8-4-3-7-16(17)21/h1-8H,9-13H2. The third-order valence-electron chi connectivity index (χ3n) is 4.25. The van der Waals surface area contributed by atoms with Crippen LogP contribution in [0.15, 0.2) is 48.5 Å². The summed E-state index contributed by atoms with van der Waals surface area (Å²) < 4.78 is 5.11. The largest absolute Gasteiger partial charge is 0.452 e. The van der Waals surface area contributed by atoms with E-state index in [1.54, 1.807) is 29.2 Å². The summed E-state index contributed by atoms with van der Waals surface area (Å²) in [5.41, 5.74) is 1.22. The molecule has 0 unspecified atom stereocenters. The summed E-state index contributed by atoms with van der Waals surface area (Å²) in [5.74, 6) is -0.817. The molecule has 1 aliphatic rings. The first-order valence-electron chi connectivity index (χ1n) is 8.25. The average Bonchev–Trinajstić information content (AvgIpc) is 2.67. The SMILES string of the molecule is O=C(OCC(=O)N1CCN(c2ccccc2Cl)CC1)c1ccccc1Cl. The van der Waals surface area contributed by atoms with Crippen LogP contribution in [-0.4, -0.2) is 49.6 Å². The number of nitrogens with zero attached hydrogens (tertiary/aromatic N) is 2. The van der Waals surface area contributed by atoms with E-state index in [9.17, 15) is 9.59 Å². The van der Waals surface area contributed by atoms with Crippen LogP contribution in [0.5, 0.6) is 0 Å². The molecule has 2 aromatic carbocycles. The molecule has 2 aromatic rings. The van der Waals surface area contributed by atoms with Gasteiger partial charge in [0.15, 0.2) is 6.61 Å². The fraction of sp³-hybridized carbons (Fsp3) is 0.263. The van der Waals surface area contributed by atoms with Gasteiger partial charge in [0.1, 0.15) is 0 Å². The molecule has 7 heteroatoms. The molecule has 0 bridgehead atoms. The van der Waals surface area contributed by atoms with Gasteiger partial charge in [0.25, 0.3) is 5.91 Å². The van der Waals surface area contributed by atoms with Crippen LogP contribution in [0.3, 0.4) is 0 Å². The van der Waals surface area contributed by atoms with E-state index in [2.05, 4.69) is 4.90 Å². The fourth-order valence-corrected chi connectivity index (χ4v) is 3.30. The van der Waals surface area contributed by atoms with E-state index in [4.69, 9.17) is 27.9 Å². The molecule has 5 nitrogen and oxygen atoms in total. The van der Waals surface area contributed by atoms with Crippen LogP contribution in [0.25, 0.3) is 0 Å². The van der Waals surface area contributed by atoms with Gasteiger partial charge in [0.2, 0.25) is 0 Å². The molecule has 0 N–H and O–H groups in total. The minimum atomic E-state index is -0.598. The number of rotatable bonds is 4. The first-order chi connectivity index (χ1) is 12.6. The number of hydrogen-bond donors (Lipinski definition) is 0. The van der Waals surface area contributed by atoms with Gasteiger partial charge >= 0.3 is 5.97 Å². The summed E-state index contributed by atoms with van der Waals surface area (Å²) in [5, 5.41) is 0.999. The predicted octanol–water partition coefficient (Wildman–Crippen LogP) is 3.50. The van der Waals surface area contributed by atoms with Crippen LogP contribution < -0.4 is 4.90 Å². The van der Waals surface area contributed by atoms with E-state index < -0.39 is 5.97 Å². The van der Waals surface area contributed by atoms with Crippen LogP contribution in [0, 0.1) is 0 Å². The van der Waals surface area contributed by atoms with Gasteiger partial charge in [-0.2, -0.15) is 0 Å². The molecule has 136 valence electrons. The smallest absolute Gasteiger partial charge is 0.340 e. The van der Waals surface area contributed by atoms with E-state index >= 15 is 0 Å². The number of benzene rings is 2. The van der Waals surface area contributed by atoms with Crippen molar-refractivity contribution < 1.29 is 14.3 Å². The molecule has 1 amide bonds. The van der Waals surface area contributed by atoms with E-state index in [0.29, 0.717) is 36.2 Å². The topological polar surface area (TPSA) is 49.9 Å². The van der Waals surface area contributed by atoms with Crippen molar-refractivity contribution in [2.45, 2.75) is 0 Å². The minimum Gasteiger partial charge on any atom is -0.452 e. The second kappa shape index (κ2) is 8.43. The maximum Gasteiger partial charge on any atom is 0.340 e. The molecule has 3 rings (SSSR count). The van der Waals surface area contributed by atoms with Crippen molar-refractivity contribution in [2.75, 3.05) is 37.7 Å². The molecule has 26 heavy (non-hydrogen) atoms. The molecule has 0 aliphatic carbocycles. The number of amides is 1. The molecule has 0 aromatic heterocycles. The average molecular weight is 393 g/mol. The molecule has 0 atom stereocenters. The Morgan fingerprint density at radius 1 is 0.885 bits per heavy atom. The van der Waals surface area contributed by atoms with E-state index in [1.807, 2.05) is 24.3 Å². The van der Waals surface area contributed by atoms with Crippen LogP contribution in [0.2, 0.25) is 10.0 Å². The fourth-order valence-electron chi connectivity index (χ4n) is 2.83. The third-order valence-corrected chi connectivity index (χ3v) is 4.90. The number of hydrogen-bond acceptors (Lipinski definition) is 4. The Labute approximate surface area is 162 Å². The number of anilines is 1. The van der Waals surface area contributed by atoms with Crippen molar-refractivity contribution >= 4 is 40.8 Å². The molecule has 1 saturated heterocycles. The quantitative estimate of drug-likeness (QED) is 0.747. The number of para-hydroxylation sites is 1. The number of carbonyl (C=O) groups is 2. The van der Waals surface area contributed by atoms with Crippen LogP contribution in [0.1, 0.15) is 10.4 Å². The van der Waals surface area contributed by atoms with Gasteiger partial charge < -0.3 is 14.5 Å². The maximum atomic E-state index is 12.3. The van der Waals surface area contributed by atoms with Crippen LogP contribution >= 0.6 is 23.2 Å². The summed E-state index contributed by atoms with van der Waals surface area (Å²) in [6.45, 7) is 2.15. The van der Waals surface area contributed by atoms with E-state index in [-0.39, 0.29) is 18.1 Å². The lowest BCUT2D eigenvalue weighted by Gasteiger charge is -2.36. The van der Waals surface area contributed by atoms with Gasteiger partial charge in [0.05, 0.1) is 21.3 Å². The summed E-state index contributed by atoms with van der Waals surface area (Å²) in [6.07, 6.45) is 0. The highest BCUT2D eigenvalue weighted by atomic mass is 35.5. The Morgan fingerprint density at radius 3 is 2.15 bits per heavy atom. The highest BCUT2D eigenvalue weighted by Gasteiger charge is 2.23. The number of carbonyl (C=O) groups excluding carboxylic acids is 2. The summed E-state index contributed by atoms with van der Waals surface area (Å²) >= 11 is 12.2. The van der Waals surface area contributed by atoms with Crippen molar-refractivity contribution in [2.24, 2.45) is 0 Å². The maximum absolute atomic E-state index is 12.3. The van der Waals surface area contributed by atoms with Crippen molar-refractivity contribution in [1.82, 2.24) is 4.90 Å². The zero-order valence-corrected chi connectivity index (χ0v) is 15.5. The monoisotopic (exact) mass is 392 g/mol. The molecule has 0 spiro atoms. The Hall–Kier alpha value is -2.24. The summed E-state index contributed by atoms with van der Waals surface area (Å²) in [4.78, 5) is 28.2. The summed E-state index contributed by atoms with van der Waals surface area (Å²) in [7, 11) is 0. The molecule has 0 radical (unpaired) electrons. The van der Waals surface area contributed by atoms with Crippen molar-refractivity contribution in [3.63, 3.8) is 0 Å². The Morgan fingerprint density at radius 2 is 1.50 bits per heavy atom. The van der Waals surface area contributed by atoms with Gasteiger partial charge in [-0.25, -0.2) is 4.79 Å². The lowest BCUT2D eigenvalue weighted by atomic mass is 10.2. The Kier molecular flexibility index (Phi) is 6.01. The first-order valence-corrected chi connectivity index (χ1v) is 9.01. The van der Waals surface area contributed by atoms with Crippen molar-refractivity contribution in [3.05, 3.63) is 64.1 Å². The minimum absolute atomic E-state index is 0.218. The molecule has 1 fully saturated rings. The Balaban J connectivity index is 1.50. The van der Waals surface area contributed by atoms with Gasteiger partial charge in [-0.15, -0.1) is 0 Å². The van der Waals surface area contributed by atoms with Gasteiger partial charge in [-0.1, -0.05) is 47.5 Å². The molecule has 0 saturated carbocycles. The second-order valence-corrected chi connectivity index (χ2v) is 6.69. The third kappa shape index (κ3) is 4.29. The lowest BCUT2D eigenvalue weighted by Crippen LogP contribution is -2.50. The van der Waals surface area contributed by atoms with Crippen LogP contribution in [0.4, 0.5) is 5.69 Å². The zero-order valence-electron chi connectivity index (χ0n) is 14.0. The van der Waals surface area contributed by atoms with E-state index in [1.165, 1.54) is 0 Å². The molecule has 1 heterocycles. The molecule has 1 aliphatic heterocycles. The Bertz CT molecular complexity index is 805. The predicted molar refractivity (Wildman–Crippen MR) is 102 cm³/mol. The summed E-state index contributed by atoms with van der Waals surface area (Å²) in [6, 6.07) is 14.2. The lowest BCUT2D eigenvalue weighted by molar-refractivity contribution is -0.134. The molecular weight excluding hydrogens is 375 g/mol. The number of piperazine rings is 1. The highest BCUT2D eigenvalue weighted by Crippen LogP contribution is 2.26. The number of halogens is 2.